The number of fused-ring (bicyclic) bond motifs is 1. The number of rotatable bonds is 3. The van der Waals surface area contributed by atoms with E-state index in [0.29, 0.717) is 29.7 Å². The van der Waals surface area contributed by atoms with Gasteiger partial charge < -0.3 is 14.2 Å². The van der Waals surface area contributed by atoms with Gasteiger partial charge in [-0.2, -0.15) is 0 Å². The summed E-state index contributed by atoms with van der Waals surface area (Å²) in [5.41, 5.74) is 1.33. The lowest BCUT2D eigenvalue weighted by atomic mass is 10.1. The van der Waals surface area contributed by atoms with Gasteiger partial charge in [0.15, 0.2) is 18.1 Å². The van der Waals surface area contributed by atoms with E-state index in [0.717, 1.165) is 11.8 Å². The Morgan fingerprint density at radius 2 is 2.25 bits per heavy atom. The van der Waals surface area contributed by atoms with Crippen LogP contribution >= 0.6 is 0 Å². The molecule has 0 radical (unpaired) electrons. The highest BCUT2D eigenvalue weighted by Crippen LogP contribution is 2.34. The van der Waals surface area contributed by atoms with E-state index >= 15 is 0 Å². The third-order valence-electron chi connectivity index (χ3n) is 2.96. The van der Waals surface area contributed by atoms with Gasteiger partial charge in [-0.05, 0) is 12.1 Å². The average Bonchev–Trinajstić information content (AvgIpc) is 2.54. The average molecular weight is 272 g/mol. The second-order valence-electron chi connectivity index (χ2n) is 4.24. The minimum Gasteiger partial charge on any atom is -0.484 e. The van der Waals surface area contributed by atoms with Crippen molar-refractivity contribution < 1.29 is 19.0 Å². The third-order valence-corrected chi connectivity index (χ3v) is 2.96. The Morgan fingerprint density at radius 3 is 2.95 bits per heavy atom. The Bertz CT molecular complexity index is 628. The number of aromatic nitrogens is 2. The summed E-state index contributed by atoms with van der Waals surface area (Å²) >= 11 is 0. The van der Waals surface area contributed by atoms with E-state index in [4.69, 9.17) is 14.2 Å². The van der Waals surface area contributed by atoms with Crippen LogP contribution in [0.3, 0.4) is 0 Å². The molecule has 0 bridgehead atoms. The number of pyridine rings is 2. The number of methoxy groups -OCH3 is 1. The monoisotopic (exact) mass is 272 g/mol. The van der Waals surface area contributed by atoms with Gasteiger partial charge in [0.25, 0.3) is 5.88 Å². The number of nitrogens with zero attached hydrogens (tertiary/aromatic N) is 2. The first-order chi connectivity index (χ1) is 9.80. The summed E-state index contributed by atoms with van der Waals surface area (Å²) in [5.74, 6) is 1.40. The van der Waals surface area contributed by atoms with E-state index in [-0.39, 0.29) is 6.10 Å². The van der Waals surface area contributed by atoms with Gasteiger partial charge in [-0.15, -0.1) is 0 Å². The van der Waals surface area contributed by atoms with Crippen molar-refractivity contribution in [2.75, 3.05) is 13.7 Å². The number of aldehydes is 1. The minimum absolute atomic E-state index is 0.282. The summed E-state index contributed by atoms with van der Waals surface area (Å²) in [6.07, 6.45) is 3.56. The number of carbonyl (C=O) groups is 1. The molecule has 102 valence electrons. The fourth-order valence-corrected chi connectivity index (χ4v) is 1.90. The second-order valence-corrected chi connectivity index (χ2v) is 4.24. The molecule has 0 aliphatic carbocycles. The third kappa shape index (κ3) is 2.27. The molecule has 0 fully saturated rings. The quantitative estimate of drug-likeness (QED) is 0.794. The van der Waals surface area contributed by atoms with Gasteiger partial charge >= 0.3 is 0 Å². The largest absolute Gasteiger partial charge is 0.484 e. The zero-order valence-electron chi connectivity index (χ0n) is 10.8. The molecule has 2 aromatic heterocycles. The fraction of sp³-hybridized carbons (Fsp3) is 0.214. The van der Waals surface area contributed by atoms with E-state index in [9.17, 15) is 4.79 Å². The van der Waals surface area contributed by atoms with Crippen molar-refractivity contribution in [3.05, 3.63) is 41.7 Å². The van der Waals surface area contributed by atoms with Crippen molar-refractivity contribution in [3.8, 4) is 17.5 Å². The van der Waals surface area contributed by atoms with Crippen molar-refractivity contribution in [1.29, 1.82) is 0 Å². The van der Waals surface area contributed by atoms with Gasteiger partial charge in [-0.1, -0.05) is 0 Å². The number of ether oxygens (including phenoxy) is 3. The maximum Gasteiger partial charge on any atom is 0.257 e. The van der Waals surface area contributed by atoms with Crippen LogP contribution in [-0.2, 0) is 0 Å². The molecule has 0 spiro atoms. The van der Waals surface area contributed by atoms with Gasteiger partial charge in [-0.25, -0.2) is 9.97 Å². The van der Waals surface area contributed by atoms with Crippen molar-refractivity contribution in [1.82, 2.24) is 9.97 Å². The molecule has 6 heteroatoms. The predicted octanol–water partition coefficient (Wildman–Crippen LogP) is 1.81. The van der Waals surface area contributed by atoms with Gasteiger partial charge in [0.05, 0.1) is 7.11 Å². The van der Waals surface area contributed by atoms with Crippen LogP contribution in [0.15, 0.2) is 30.6 Å². The summed E-state index contributed by atoms with van der Waals surface area (Å²) < 4.78 is 16.4. The zero-order valence-corrected chi connectivity index (χ0v) is 10.8. The standard InChI is InChI=1S/C14H12N2O4/c1-18-13-3-2-10(6-15-13)12-8-19-11-4-9(7-17)5-16-14(11)20-12/h2-7,12H,8H2,1H3/t12-/m1/s1. The lowest BCUT2D eigenvalue weighted by Crippen LogP contribution is -2.22. The number of hydrogen-bond acceptors (Lipinski definition) is 6. The van der Waals surface area contributed by atoms with E-state index in [1.165, 1.54) is 6.20 Å². The van der Waals surface area contributed by atoms with Crippen LogP contribution in [0.5, 0.6) is 17.5 Å². The molecule has 0 unspecified atom stereocenters. The highest BCUT2D eigenvalue weighted by molar-refractivity contribution is 5.75. The minimum atomic E-state index is -0.282. The lowest BCUT2D eigenvalue weighted by molar-refractivity contribution is 0.0845. The summed E-state index contributed by atoms with van der Waals surface area (Å²) in [5, 5.41) is 0. The zero-order chi connectivity index (χ0) is 13.9. The van der Waals surface area contributed by atoms with Crippen LogP contribution in [0, 0.1) is 0 Å². The van der Waals surface area contributed by atoms with Gasteiger partial charge in [0.2, 0.25) is 5.88 Å². The summed E-state index contributed by atoms with van der Waals surface area (Å²) in [4.78, 5) is 18.9. The van der Waals surface area contributed by atoms with Gasteiger partial charge in [-0.3, -0.25) is 4.79 Å². The smallest absolute Gasteiger partial charge is 0.257 e. The van der Waals surface area contributed by atoms with Crippen LogP contribution in [0.1, 0.15) is 22.0 Å². The first-order valence-electron chi connectivity index (χ1n) is 6.05. The van der Waals surface area contributed by atoms with E-state index in [1.54, 1.807) is 25.4 Å². The second kappa shape index (κ2) is 5.16. The first-order valence-corrected chi connectivity index (χ1v) is 6.05. The maximum atomic E-state index is 10.7. The molecule has 0 saturated heterocycles. The van der Waals surface area contributed by atoms with E-state index in [1.807, 2.05) is 6.07 Å². The Morgan fingerprint density at radius 1 is 1.35 bits per heavy atom. The lowest BCUT2D eigenvalue weighted by Gasteiger charge is -2.25. The van der Waals surface area contributed by atoms with Crippen LogP contribution in [0.4, 0.5) is 0 Å². The summed E-state index contributed by atoms with van der Waals surface area (Å²) in [6.45, 7) is 0.338. The topological polar surface area (TPSA) is 70.5 Å². The molecule has 3 heterocycles. The summed E-state index contributed by atoms with van der Waals surface area (Å²) in [6, 6.07) is 5.24. The predicted molar refractivity (Wildman–Crippen MR) is 69.3 cm³/mol. The Balaban J connectivity index is 1.82. The molecule has 1 atom stereocenters. The normalized spacial score (nSPS) is 16.6. The molecule has 0 aromatic carbocycles. The van der Waals surface area contributed by atoms with Gasteiger partial charge in [0, 0.05) is 29.6 Å². The van der Waals surface area contributed by atoms with Crippen molar-refractivity contribution >= 4 is 6.29 Å². The Hall–Kier alpha value is -2.63. The molecule has 0 N–H and O–H groups in total. The van der Waals surface area contributed by atoms with Crippen molar-refractivity contribution in [3.63, 3.8) is 0 Å². The molecule has 6 nitrogen and oxygen atoms in total. The van der Waals surface area contributed by atoms with E-state index in [2.05, 4.69) is 9.97 Å². The van der Waals surface area contributed by atoms with Crippen LogP contribution in [0.2, 0.25) is 0 Å². The Labute approximate surface area is 115 Å². The highest BCUT2D eigenvalue weighted by Gasteiger charge is 2.24. The Kier molecular flexibility index (Phi) is 3.20. The SMILES string of the molecule is COc1ccc([C@H]2COc3cc(C=O)cnc3O2)cn1. The molecule has 2 aromatic rings. The first kappa shape index (κ1) is 12.4. The van der Waals surface area contributed by atoms with Crippen molar-refractivity contribution in [2.24, 2.45) is 0 Å². The number of hydrogen-bond donors (Lipinski definition) is 0. The van der Waals surface area contributed by atoms with Crippen molar-refractivity contribution in [2.45, 2.75) is 6.10 Å². The maximum absolute atomic E-state index is 10.7. The van der Waals surface area contributed by atoms with E-state index < -0.39 is 0 Å². The van der Waals surface area contributed by atoms with Crippen LogP contribution in [0.25, 0.3) is 0 Å². The molecular weight excluding hydrogens is 260 g/mol. The molecule has 1 aliphatic heterocycles. The molecule has 1 aliphatic rings. The summed E-state index contributed by atoms with van der Waals surface area (Å²) in [7, 11) is 1.56. The highest BCUT2D eigenvalue weighted by atomic mass is 16.6. The molecule has 20 heavy (non-hydrogen) atoms. The molecule has 0 saturated carbocycles. The van der Waals surface area contributed by atoms with Crippen LogP contribution in [-0.4, -0.2) is 30.0 Å². The fourth-order valence-electron chi connectivity index (χ4n) is 1.90. The number of carbonyl (C=O) groups excluding carboxylic acids is 1. The molecular formula is C14H12N2O4. The van der Waals surface area contributed by atoms with Gasteiger partial charge in [0.1, 0.15) is 6.61 Å². The van der Waals surface area contributed by atoms with Crippen LogP contribution < -0.4 is 14.2 Å². The molecule has 0 amide bonds. The molecule has 3 rings (SSSR count).